The van der Waals surface area contributed by atoms with E-state index in [-0.39, 0.29) is 26.1 Å². The van der Waals surface area contributed by atoms with E-state index in [9.17, 15) is 19.0 Å². The van der Waals surface area contributed by atoms with Crippen LogP contribution in [0, 0.1) is 0 Å². The average Bonchev–Trinajstić information content (AvgIpc) is 3.15. The molecule has 0 aromatic heterocycles. The van der Waals surface area contributed by atoms with E-state index >= 15 is 0 Å². The van der Waals surface area contributed by atoms with Crippen molar-refractivity contribution in [3.05, 3.63) is 48.6 Å². The third kappa shape index (κ3) is 41.6. The smallest absolute Gasteiger partial charge is 0.306 e. The number of likely N-dealkylation sites (N-methyl/N-ethyl adjacent to an activating group) is 1. The van der Waals surface area contributed by atoms with Crippen molar-refractivity contribution >= 4 is 19.8 Å². The first-order chi connectivity index (χ1) is 27.0. The fourth-order valence-electron chi connectivity index (χ4n) is 5.82. The molecular formula is C46H84NO8P. The molecule has 0 spiro atoms. The average molecular weight is 810 g/mol. The molecule has 0 fully saturated rings. The molecule has 9 nitrogen and oxygen atoms in total. The van der Waals surface area contributed by atoms with Crippen LogP contribution in [0.1, 0.15) is 181 Å². The minimum atomic E-state index is -4.64. The van der Waals surface area contributed by atoms with Gasteiger partial charge in [0, 0.05) is 12.8 Å². The molecule has 0 N–H and O–H groups in total. The molecule has 0 aliphatic rings. The summed E-state index contributed by atoms with van der Waals surface area (Å²) in [6, 6.07) is 0. The van der Waals surface area contributed by atoms with E-state index in [0.29, 0.717) is 23.9 Å². The lowest BCUT2D eigenvalue weighted by Gasteiger charge is -2.28. The van der Waals surface area contributed by atoms with Crippen molar-refractivity contribution in [2.24, 2.45) is 0 Å². The second-order valence-electron chi connectivity index (χ2n) is 16.1. The first-order valence-corrected chi connectivity index (χ1v) is 23.8. The molecule has 0 bridgehead atoms. The third-order valence-corrected chi connectivity index (χ3v) is 10.3. The summed E-state index contributed by atoms with van der Waals surface area (Å²) >= 11 is 0. The molecule has 10 heteroatoms. The van der Waals surface area contributed by atoms with Gasteiger partial charge in [-0.15, -0.1) is 0 Å². The summed E-state index contributed by atoms with van der Waals surface area (Å²) < 4.78 is 33.8. The zero-order chi connectivity index (χ0) is 41.4. The molecule has 0 aliphatic heterocycles. The lowest BCUT2D eigenvalue weighted by atomic mass is 10.0. The van der Waals surface area contributed by atoms with Crippen molar-refractivity contribution in [1.29, 1.82) is 0 Å². The second-order valence-corrected chi connectivity index (χ2v) is 17.5. The Hall–Kier alpha value is -2.03. The summed E-state index contributed by atoms with van der Waals surface area (Å²) in [5.74, 6) is -0.898. The number of carbonyl (C=O) groups excluding carboxylic acids is 2. The van der Waals surface area contributed by atoms with Crippen molar-refractivity contribution in [3.8, 4) is 0 Å². The lowest BCUT2D eigenvalue weighted by Crippen LogP contribution is -2.37. The van der Waals surface area contributed by atoms with Crippen LogP contribution in [0.5, 0.6) is 0 Å². The highest BCUT2D eigenvalue weighted by atomic mass is 31.2. The van der Waals surface area contributed by atoms with E-state index in [4.69, 9.17) is 18.5 Å². The summed E-state index contributed by atoms with van der Waals surface area (Å²) in [7, 11) is 1.14. The number of phosphoric acid groups is 1. The van der Waals surface area contributed by atoms with Gasteiger partial charge in [-0.3, -0.25) is 14.2 Å². The van der Waals surface area contributed by atoms with Gasteiger partial charge in [0.25, 0.3) is 7.82 Å². The number of carbonyl (C=O) groups is 2. The maximum atomic E-state index is 12.7. The Bertz CT molecular complexity index is 1100. The minimum absolute atomic E-state index is 0.0393. The molecule has 0 rings (SSSR count). The summed E-state index contributed by atoms with van der Waals surface area (Å²) in [5, 5.41) is 0. The highest BCUT2D eigenvalue weighted by molar-refractivity contribution is 7.45. The highest BCUT2D eigenvalue weighted by Gasteiger charge is 2.21. The molecule has 0 aliphatic carbocycles. The molecule has 0 saturated carbocycles. The lowest BCUT2D eigenvalue weighted by molar-refractivity contribution is -0.870. The van der Waals surface area contributed by atoms with Crippen molar-refractivity contribution < 1.29 is 42.1 Å². The van der Waals surface area contributed by atoms with E-state index in [1.54, 1.807) is 0 Å². The normalized spacial score (nSPS) is 14.0. The van der Waals surface area contributed by atoms with Crippen LogP contribution in [-0.2, 0) is 32.7 Å². The first kappa shape index (κ1) is 54.0. The number of allylic oxidation sites excluding steroid dienone is 8. The number of unbranched alkanes of at least 4 members (excludes halogenated alkanes) is 18. The molecule has 1 unspecified atom stereocenters. The van der Waals surface area contributed by atoms with E-state index in [0.717, 1.165) is 44.9 Å². The first-order valence-electron chi connectivity index (χ1n) is 22.3. The van der Waals surface area contributed by atoms with Crippen molar-refractivity contribution in [2.45, 2.75) is 187 Å². The molecule has 326 valence electrons. The molecule has 0 aromatic carbocycles. The van der Waals surface area contributed by atoms with Gasteiger partial charge in [-0.05, 0) is 51.4 Å². The fraction of sp³-hybridized carbons (Fsp3) is 0.783. The fourth-order valence-corrected chi connectivity index (χ4v) is 6.55. The topological polar surface area (TPSA) is 111 Å². The van der Waals surface area contributed by atoms with Crippen molar-refractivity contribution in [1.82, 2.24) is 0 Å². The quantitative estimate of drug-likeness (QED) is 0.0198. The third-order valence-electron chi connectivity index (χ3n) is 9.35. The van der Waals surface area contributed by atoms with Crippen molar-refractivity contribution in [3.63, 3.8) is 0 Å². The Morgan fingerprint density at radius 3 is 1.48 bits per heavy atom. The maximum Gasteiger partial charge on any atom is 0.306 e. The van der Waals surface area contributed by atoms with E-state index in [1.807, 2.05) is 21.1 Å². The Morgan fingerprint density at radius 2 is 0.982 bits per heavy atom. The predicted molar refractivity (Wildman–Crippen MR) is 231 cm³/mol. The van der Waals surface area contributed by atoms with Gasteiger partial charge in [0.2, 0.25) is 0 Å². The van der Waals surface area contributed by atoms with Crippen LogP contribution in [0.3, 0.4) is 0 Å². The van der Waals surface area contributed by atoms with Crippen LogP contribution < -0.4 is 4.89 Å². The van der Waals surface area contributed by atoms with Gasteiger partial charge in [-0.1, -0.05) is 165 Å². The van der Waals surface area contributed by atoms with Crippen LogP contribution in [0.4, 0.5) is 0 Å². The van der Waals surface area contributed by atoms with Crippen molar-refractivity contribution in [2.75, 3.05) is 47.5 Å². The van der Waals surface area contributed by atoms with Gasteiger partial charge in [0.05, 0.1) is 27.7 Å². The molecule has 0 amide bonds. The van der Waals surface area contributed by atoms with Gasteiger partial charge in [0.1, 0.15) is 19.8 Å². The number of hydrogen-bond donors (Lipinski definition) is 0. The number of rotatable bonds is 40. The molecule has 0 heterocycles. The van der Waals surface area contributed by atoms with Gasteiger partial charge in [-0.25, -0.2) is 0 Å². The van der Waals surface area contributed by atoms with Crippen LogP contribution in [-0.4, -0.2) is 70.0 Å². The molecule has 2 atom stereocenters. The van der Waals surface area contributed by atoms with Gasteiger partial charge >= 0.3 is 11.9 Å². The Kier molecular flexibility index (Phi) is 37.1. The molecule has 0 aromatic rings. The number of quaternary nitrogens is 1. The summed E-state index contributed by atoms with van der Waals surface area (Å²) in [5.41, 5.74) is 0. The maximum absolute atomic E-state index is 12.7. The molecule has 0 saturated heterocycles. The Labute approximate surface area is 343 Å². The van der Waals surface area contributed by atoms with Gasteiger partial charge in [0.15, 0.2) is 6.10 Å². The Morgan fingerprint density at radius 1 is 0.554 bits per heavy atom. The molecule has 0 radical (unpaired) electrons. The molecule has 56 heavy (non-hydrogen) atoms. The number of ether oxygens (including phenoxy) is 2. The number of nitrogens with zero attached hydrogens (tertiary/aromatic N) is 1. The zero-order valence-electron chi connectivity index (χ0n) is 36.6. The second kappa shape index (κ2) is 38.5. The summed E-state index contributed by atoms with van der Waals surface area (Å²) in [4.78, 5) is 37.5. The number of phosphoric ester groups is 1. The van der Waals surface area contributed by atoms with E-state index in [2.05, 4.69) is 62.5 Å². The van der Waals surface area contributed by atoms with Gasteiger partial charge in [-0.2, -0.15) is 0 Å². The molecular weight excluding hydrogens is 725 g/mol. The largest absolute Gasteiger partial charge is 0.756 e. The Balaban J connectivity index is 4.44. The minimum Gasteiger partial charge on any atom is -0.756 e. The summed E-state index contributed by atoms with van der Waals surface area (Å²) in [6.07, 6.45) is 44.3. The SMILES string of the molecule is CCCCC/C=C\C/C=C\C/C=C\C/C=C\CCCC(=O)OC[C@H](COP(=O)([O-])OCC[N+](C)(C)C)OC(=O)CCCCCCCCCCCCCCCCC. The van der Waals surface area contributed by atoms with Crippen LogP contribution in [0.25, 0.3) is 0 Å². The van der Waals surface area contributed by atoms with Crippen LogP contribution >= 0.6 is 7.82 Å². The monoisotopic (exact) mass is 810 g/mol. The van der Waals surface area contributed by atoms with E-state index < -0.39 is 32.5 Å². The standard InChI is InChI=1S/C46H84NO8P/c1-6-8-10-12-14-16-18-20-22-23-25-26-28-30-32-34-36-38-45(48)52-42-44(43-54-56(50,51)53-41-40-47(3,4)5)55-46(49)39-37-35-33-31-29-27-24-21-19-17-15-13-11-9-7-2/h14,16,20,22,25-26,30,32,44H,6-13,15,17-19,21,23-24,27-29,31,33-43H2,1-5H3/b16-14-,22-20-,26-25-,32-30-/t44-/m1/s1. The zero-order valence-corrected chi connectivity index (χ0v) is 37.5. The van der Waals surface area contributed by atoms with Gasteiger partial charge < -0.3 is 27.9 Å². The van der Waals surface area contributed by atoms with Crippen LogP contribution in [0.15, 0.2) is 48.6 Å². The van der Waals surface area contributed by atoms with Crippen LogP contribution in [0.2, 0.25) is 0 Å². The number of esters is 2. The predicted octanol–water partition coefficient (Wildman–Crippen LogP) is 12.1. The van der Waals surface area contributed by atoms with E-state index in [1.165, 1.54) is 96.3 Å². The summed E-state index contributed by atoms with van der Waals surface area (Å²) in [6.45, 7) is 4.14. The highest BCUT2D eigenvalue weighted by Crippen LogP contribution is 2.38. The number of hydrogen-bond acceptors (Lipinski definition) is 8.